The molecular weight excluding hydrogens is 292 g/mol. The van der Waals surface area contributed by atoms with Gasteiger partial charge in [-0.2, -0.15) is 0 Å². The molecule has 1 aromatic carbocycles. The molecule has 0 aliphatic heterocycles. The molecule has 5 heteroatoms. The number of hydrogen-bond acceptors (Lipinski definition) is 4. The van der Waals surface area contributed by atoms with Crippen molar-refractivity contribution in [3.63, 3.8) is 0 Å². The molecule has 23 heavy (non-hydrogen) atoms. The quantitative estimate of drug-likeness (QED) is 0.844. The van der Waals surface area contributed by atoms with Gasteiger partial charge in [-0.3, -0.25) is 4.79 Å². The first kappa shape index (κ1) is 17.6. The van der Waals surface area contributed by atoms with Crippen LogP contribution in [0.4, 0.5) is 0 Å². The SMILES string of the molecule is COc1ccc(C2(CNC(=O)[C@@H](C)N)CCCCC2)cc1OC. The normalized spacial score (nSPS) is 18.1. The van der Waals surface area contributed by atoms with E-state index in [1.807, 2.05) is 12.1 Å². The van der Waals surface area contributed by atoms with E-state index in [-0.39, 0.29) is 11.3 Å². The average Bonchev–Trinajstić information content (AvgIpc) is 2.59. The van der Waals surface area contributed by atoms with Crippen molar-refractivity contribution in [2.45, 2.75) is 50.5 Å². The summed E-state index contributed by atoms with van der Waals surface area (Å²) in [4.78, 5) is 11.9. The van der Waals surface area contributed by atoms with Crippen molar-refractivity contribution in [2.75, 3.05) is 20.8 Å². The lowest BCUT2D eigenvalue weighted by molar-refractivity contribution is -0.122. The second-order valence-corrected chi connectivity index (χ2v) is 6.42. The molecule has 1 amide bonds. The van der Waals surface area contributed by atoms with Crippen LogP contribution >= 0.6 is 0 Å². The molecular formula is C18H28N2O3. The lowest BCUT2D eigenvalue weighted by Crippen LogP contribution is -2.46. The number of hydrogen-bond donors (Lipinski definition) is 2. The smallest absolute Gasteiger partial charge is 0.236 e. The molecule has 2 rings (SSSR count). The highest BCUT2D eigenvalue weighted by atomic mass is 16.5. The maximum absolute atomic E-state index is 11.9. The van der Waals surface area contributed by atoms with Crippen LogP contribution in [0.15, 0.2) is 18.2 Å². The van der Waals surface area contributed by atoms with Crippen molar-refractivity contribution in [2.24, 2.45) is 5.73 Å². The maximum Gasteiger partial charge on any atom is 0.236 e. The summed E-state index contributed by atoms with van der Waals surface area (Å²) < 4.78 is 10.8. The largest absolute Gasteiger partial charge is 0.493 e. The van der Waals surface area contributed by atoms with Gasteiger partial charge in [0.1, 0.15) is 0 Å². The number of amides is 1. The molecule has 0 spiro atoms. The van der Waals surface area contributed by atoms with Crippen LogP contribution in [0, 0.1) is 0 Å². The van der Waals surface area contributed by atoms with Crippen molar-refractivity contribution >= 4 is 5.91 Å². The molecule has 1 aromatic rings. The molecule has 1 aliphatic carbocycles. The van der Waals surface area contributed by atoms with Gasteiger partial charge < -0.3 is 20.5 Å². The Kier molecular flexibility index (Phi) is 5.88. The number of methoxy groups -OCH3 is 2. The molecule has 0 radical (unpaired) electrons. The molecule has 0 aromatic heterocycles. The lowest BCUT2D eigenvalue weighted by Gasteiger charge is -2.38. The van der Waals surface area contributed by atoms with Crippen molar-refractivity contribution in [3.05, 3.63) is 23.8 Å². The maximum atomic E-state index is 11.9. The number of ether oxygens (including phenoxy) is 2. The summed E-state index contributed by atoms with van der Waals surface area (Å²) in [5.74, 6) is 1.35. The lowest BCUT2D eigenvalue weighted by atomic mass is 9.69. The highest BCUT2D eigenvalue weighted by Gasteiger charge is 2.35. The molecule has 1 fully saturated rings. The zero-order valence-electron chi connectivity index (χ0n) is 14.4. The summed E-state index contributed by atoms with van der Waals surface area (Å²) in [6.45, 7) is 2.32. The third kappa shape index (κ3) is 3.96. The van der Waals surface area contributed by atoms with Gasteiger partial charge in [-0.05, 0) is 37.5 Å². The minimum Gasteiger partial charge on any atom is -0.493 e. The Morgan fingerprint density at radius 3 is 2.43 bits per heavy atom. The molecule has 0 bridgehead atoms. The average molecular weight is 320 g/mol. The van der Waals surface area contributed by atoms with E-state index in [9.17, 15) is 4.79 Å². The second-order valence-electron chi connectivity index (χ2n) is 6.42. The van der Waals surface area contributed by atoms with Gasteiger partial charge in [-0.1, -0.05) is 25.3 Å². The zero-order chi connectivity index (χ0) is 16.9. The Morgan fingerprint density at radius 2 is 1.87 bits per heavy atom. The Bertz CT molecular complexity index is 537. The van der Waals surface area contributed by atoms with Gasteiger partial charge in [-0.25, -0.2) is 0 Å². The van der Waals surface area contributed by atoms with Crippen LogP contribution in [-0.2, 0) is 10.2 Å². The molecule has 1 atom stereocenters. The number of carbonyl (C=O) groups is 1. The van der Waals surface area contributed by atoms with Crippen molar-refractivity contribution in [3.8, 4) is 11.5 Å². The monoisotopic (exact) mass is 320 g/mol. The van der Waals surface area contributed by atoms with Gasteiger partial charge >= 0.3 is 0 Å². The summed E-state index contributed by atoms with van der Waals surface area (Å²) in [7, 11) is 3.28. The number of carbonyl (C=O) groups excluding carboxylic acids is 1. The predicted octanol–water partition coefficient (Wildman–Crippen LogP) is 2.37. The fourth-order valence-corrected chi connectivity index (χ4v) is 3.38. The van der Waals surface area contributed by atoms with E-state index in [2.05, 4.69) is 11.4 Å². The summed E-state index contributed by atoms with van der Waals surface area (Å²) in [5.41, 5.74) is 6.81. The van der Waals surface area contributed by atoms with E-state index in [1.54, 1.807) is 21.1 Å². The fraction of sp³-hybridized carbons (Fsp3) is 0.611. The first-order valence-electron chi connectivity index (χ1n) is 8.28. The van der Waals surface area contributed by atoms with Gasteiger partial charge in [0.15, 0.2) is 11.5 Å². The Balaban J connectivity index is 2.28. The van der Waals surface area contributed by atoms with Gasteiger partial charge in [0.05, 0.1) is 20.3 Å². The summed E-state index contributed by atoms with van der Waals surface area (Å²) >= 11 is 0. The molecule has 1 aliphatic rings. The van der Waals surface area contributed by atoms with Crippen molar-refractivity contribution in [1.82, 2.24) is 5.32 Å². The number of nitrogens with one attached hydrogen (secondary N) is 1. The number of benzene rings is 1. The minimum atomic E-state index is -0.485. The summed E-state index contributed by atoms with van der Waals surface area (Å²) in [6.07, 6.45) is 5.70. The molecule has 0 unspecified atom stereocenters. The van der Waals surface area contributed by atoms with E-state index >= 15 is 0 Å². The Labute approximate surface area is 138 Å². The first-order valence-corrected chi connectivity index (χ1v) is 8.28. The van der Waals surface area contributed by atoms with E-state index in [0.717, 1.165) is 24.3 Å². The highest BCUT2D eigenvalue weighted by molar-refractivity contribution is 5.81. The van der Waals surface area contributed by atoms with Gasteiger partial charge in [0.25, 0.3) is 0 Å². The second kappa shape index (κ2) is 7.68. The van der Waals surface area contributed by atoms with Gasteiger partial charge in [0, 0.05) is 12.0 Å². The third-order valence-electron chi connectivity index (χ3n) is 4.82. The minimum absolute atomic E-state index is 0.0532. The molecule has 0 saturated heterocycles. The number of nitrogens with two attached hydrogens (primary N) is 1. The first-order chi connectivity index (χ1) is 11.0. The van der Waals surface area contributed by atoms with Crippen molar-refractivity contribution in [1.29, 1.82) is 0 Å². The van der Waals surface area contributed by atoms with E-state index < -0.39 is 6.04 Å². The standard InChI is InChI=1S/C18H28N2O3/c1-13(19)17(21)20-12-18(9-5-4-6-10-18)14-7-8-15(22-2)16(11-14)23-3/h7-8,11,13H,4-6,9-10,12,19H2,1-3H3,(H,20,21)/t13-/m1/s1. The summed E-state index contributed by atoms with van der Waals surface area (Å²) in [6, 6.07) is 5.59. The molecule has 1 saturated carbocycles. The van der Waals surface area contributed by atoms with Gasteiger partial charge in [-0.15, -0.1) is 0 Å². The van der Waals surface area contributed by atoms with Crippen LogP contribution in [0.2, 0.25) is 0 Å². The highest BCUT2D eigenvalue weighted by Crippen LogP contribution is 2.42. The van der Waals surface area contributed by atoms with Crippen LogP contribution in [0.1, 0.15) is 44.6 Å². The third-order valence-corrected chi connectivity index (χ3v) is 4.82. The molecule has 5 nitrogen and oxygen atoms in total. The Hall–Kier alpha value is -1.75. The topological polar surface area (TPSA) is 73.6 Å². The Morgan fingerprint density at radius 1 is 1.22 bits per heavy atom. The molecule has 0 heterocycles. The van der Waals surface area contributed by atoms with Crippen LogP contribution in [-0.4, -0.2) is 32.7 Å². The fourth-order valence-electron chi connectivity index (χ4n) is 3.38. The predicted molar refractivity (Wildman–Crippen MR) is 91.0 cm³/mol. The van der Waals surface area contributed by atoms with Crippen molar-refractivity contribution < 1.29 is 14.3 Å². The molecule has 3 N–H and O–H groups in total. The summed E-state index contributed by atoms with van der Waals surface area (Å²) in [5, 5.41) is 3.02. The van der Waals surface area contributed by atoms with E-state index in [0.29, 0.717) is 6.54 Å². The van der Waals surface area contributed by atoms with E-state index in [1.165, 1.54) is 24.8 Å². The van der Waals surface area contributed by atoms with E-state index in [4.69, 9.17) is 15.2 Å². The van der Waals surface area contributed by atoms with Crippen LogP contribution < -0.4 is 20.5 Å². The molecule has 128 valence electrons. The van der Waals surface area contributed by atoms with Crippen LogP contribution in [0.5, 0.6) is 11.5 Å². The van der Waals surface area contributed by atoms with Gasteiger partial charge in [0.2, 0.25) is 5.91 Å². The van der Waals surface area contributed by atoms with Crippen LogP contribution in [0.3, 0.4) is 0 Å². The zero-order valence-corrected chi connectivity index (χ0v) is 14.4. The van der Waals surface area contributed by atoms with Crippen LogP contribution in [0.25, 0.3) is 0 Å². The number of rotatable bonds is 6.